The van der Waals surface area contributed by atoms with E-state index in [1.807, 2.05) is 21.0 Å². The van der Waals surface area contributed by atoms with E-state index >= 15 is 0 Å². The fraction of sp³-hybridized carbons (Fsp3) is 0.571. The average Bonchev–Trinajstić information content (AvgIpc) is 2.31. The highest BCUT2D eigenvalue weighted by atomic mass is 16.5. The number of likely N-dealkylation sites (N-methyl/N-ethyl adjacent to an activating group) is 1. The number of phenols is 2. The van der Waals surface area contributed by atoms with Gasteiger partial charge in [-0.05, 0) is 38.7 Å². The lowest BCUT2D eigenvalue weighted by Gasteiger charge is -2.15. The third-order valence-corrected chi connectivity index (χ3v) is 2.80. The Hall–Kier alpha value is -1.30. The van der Waals surface area contributed by atoms with Crippen molar-refractivity contribution in [2.75, 3.05) is 40.4 Å². The zero-order valence-corrected chi connectivity index (χ0v) is 11.9. The Balaban J connectivity index is 2.25. The summed E-state index contributed by atoms with van der Waals surface area (Å²) in [5, 5.41) is 22.1. The smallest absolute Gasteiger partial charge is 0.119 e. The first-order chi connectivity index (χ1) is 8.99. The Bertz CT molecular complexity index is 363. The van der Waals surface area contributed by atoms with Gasteiger partial charge in [0.15, 0.2) is 0 Å². The molecule has 19 heavy (non-hydrogen) atoms. The minimum absolute atomic E-state index is 0.0513. The highest BCUT2D eigenvalue weighted by molar-refractivity contribution is 5.37. The normalized spacial score (nSPS) is 12.8. The first kappa shape index (κ1) is 15.8. The van der Waals surface area contributed by atoms with Crippen molar-refractivity contribution in [2.45, 2.75) is 13.0 Å². The molecular weight excluding hydrogens is 244 g/mol. The van der Waals surface area contributed by atoms with E-state index in [9.17, 15) is 10.2 Å². The van der Waals surface area contributed by atoms with Crippen LogP contribution >= 0.6 is 0 Å². The molecular formula is C14H24N2O3. The van der Waals surface area contributed by atoms with Crippen LogP contribution in [0, 0.1) is 0 Å². The molecule has 5 nitrogen and oxygen atoms in total. The molecule has 0 bridgehead atoms. The summed E-state index contributed by atoms with van der Waals surface area (Å²) in [6.45, 7) is 4.98. The molecule has 0 aromatic heterocycles. The Morgan fingerprint density at radius 3 is 2.37 bits per heavy atom. The van der Waals surface area contributed by atoms with Gasteiger partial charge in [-0.3, -0.25) is 0 Å². The molecule has 0 aliphatic rings. The van der Waals surface area contributed by atoms with Gasteiger partial charge in [-0.1, -0.05) is 0 Å². The second kappa shape index (κ2) is 7.99. The maximum absolute atomic E-state index is 9.42. The Kier molecular flexibility index (Phi) is 6.62. The molecule has 1 aromatic rings. The minimum atomic E-state index is 0.0513. The van der Waals surface area contributed by atoms with E-state index in [2.05, 4.69) is 10.2 Å². The number of ether oxygens (including phenoxy) is 1. The van der Waals surface area contributed by atoms with Gasteiger partial charge in [0.2, 0.25) is 0 Å². The van der Waals surface area contributed by atoms with E-state index < -0.39 is 0 Å². The van der Waals surface area contributed by atoms with Crippen molar-refractivity contribution in [3.8, 4) is 11.5 Å². The molecule has 1 aromatic carbocycles. The summed E-state index contributed by atoms with van der Waals surface area (Å²) >= 11 is 0. The molecule has 3 N–H and O–H groups in total. The first-order valence-corrected chi connectivity index (χ1v) is 6.48. The summed E-state index contributed by atoms with van der Waals surface area (Å²) in [5.41, 5.74) is 0.853. The number of phenolic OH excluding ortho intramolecular Hbond substituents is 2. The molecule has 0 saturated carbocycles. The fourth-order valence-corrected chi connectivity index (χ4v) is 1.68. The lowest BCUT2D eigenvalue weighted by Crippen LogP contribution is -2.25. The number of hydrogen-bond acceptors (Lipinski definition) is 5. The van der Waals surface area contributed by atoms with Crippen LogP contribution in [0.2, 0.25) is 0 Å². The topological polar surface area (TPSA) is 65.0 Å². The van der Waals surface area contributed by atoms with Crippen molar-refractivity contribution in [2.24, 2.45) is 0 Å². The average molecular weight is 268 g/mol. The van der Waals surface area contributed by atoms with Crippen LogP contribution in [0.4, 0.5) is 0 Å². The van der Waals surface area contributed by atoms with Gasteiger partial charge in [-0.25, -0.2) is 0 Å². The van der Waals surface area contributed by atoms with Crippen molar-refractivity contribution in [1.29, 1.82) is 0 Å². The zero-order chi connectivity index (χ0) is 14.3. The maximum Gasteiger partial charge on any atom is 0.119 e. The molecule has 0 aliphatic carbocycles. The monoisotopic (exact) mass is 268 g/mol. The first-order valence-electron chi connectivity index (χ1n) is 6.48. The Labute approximate surface area is 114 Å². The number of nitrogens with one attached hydrogen (secondary N) is 1. The quantitative estimate of drug-likeness (QED) is 0.621. The van der Waals surface area contributed by atoms with E-state index in [0.717, 1.165) is 25.3 Å². The second-order valence-electron chi connectivity index (χ2n) is 4.87. The van der Waals surface area contributed by atoms with Crippen LogP contribution in [-0.4, -0.2) is 55.5 Å². The maximum atomic E-state index is 9.42. The van der Waals surface area contributed by atoms with E-state index in [4.69, 9.17) is 4.74 Å². The number of nitrogens with zero attached hydrogens (tertiary/aromatic N) is 1. The molecule has 0 heterocycles. The molecule has 0 amide bonds. The number of aromatic hydroxyl groups is 2. The van der Waals surface area contributed by atoms with Crippen LogP contribution in [0.25, 0.3) is 0 Å². The number of rotatable bonds is 8. The molecule has 0 spiro atoms. The highest BCUT2D eigenvalue weighted by Crippen LogP contribution is 2.24. The summed E-state index contributed by atoms with van der Waals surface area (Å²) in [5.74, 6) is 0.150. The molecule has 1 rings (SSSR count). The van der Waals surface area contributed by atoms with Gasteiger partial charge in [0, 0.05) is 25.2 Å². The summed E-state index contributed by atoms with van der Waals surface area (Å²) in [6, 6.07) is 4.66. The van der Waals surface area contributed by atoms with Gasteiger partial charge in [-0.2, -0.15) is 0 Å². The van der Waals surface area contributed by atoms with Gasteiger partial charge in [-0.15, -0.1) is 0 Å². The summed E-state index contributed by atoms with van der Waals surface area (Å²) in [7, 11) is 4.02. The van der Waals surface area contributed by atoms with Gasteiger partial charge in [0.1, 0.15) is 11.5 Å². The van der Waals surface area contributed by atoms with E-state index in [0.29, 0.717) is 6.61 Å². The van der Waals surface area contributed by atoms with Gasteiger partial charge in [0.05, 0.1) is 13.2 Å². The van der Waals surface area contributed by atoms with Gasteiger partial charge < -0.3 is 25.2 Å². The predicted octanol–water partition coefficient (Wildman–Crippen LogP) is 1.33. The summed E-state index contributed by atoms with van der Waals surface area (Å²) < 4.78 is 5.48. The van der Waals surface area contributed by atoms with Gasteiger partial charge >= 0.3 is 0 Å². The van der Waals surface area contributed by atoms with Crippen LogP contribution < -0.4 is 5.32 Å². The molecule has 1 unspecified atom stereocenters. The predicted molar refractivity (Wildman–Crippen MR) is 75.6 cm³/mol. The van der Waals surface area contributed by atoms with Gasteiger partial charge in [0.25, 0.3) is 0 Å². The number of hydrogen-bond donors (Lipinski definition) is 3. The highest BCUT2D eigenvalue weighted by Gasteiger charge is 2.07. The second-order valence-corrected chi connectivity index (χ2v) is 4.87. The van der Waals surface area contributed by atoms with Crippen molar-refractivity contribution in [3.63, 3.8) is 0 Å². The van der Waals surface area contributed by atoms with E-state index in [1.165, 1.54) is 6.07 Å². The van der Waals surface area contributed by atoms with Crippen molar-refractivity contribution in [3.05, 3.63) is 23.8 Å². The Morgan fingerprint density at radius 2 is 1.79 bits per heavy atom. The van der Waals surface area contributed by atoms with E-state index in [-0.39, 0.29) is 17.5 Å². The fourth-order valence-electron chi connectivity index (χ4n) is 1.68. The summed E-state index contributed by atoms with van der Waals surface area (Å²) in [4.78, 5) is 2.07. The molecule has 0 fully saturated rings. The standard InChI is InChI=1S/C14H24N2O3/c1-11(12-8-13(17)10-14(18)9-12)15-4-6-19-7-5-16(2)3/h8-11,15,17-18H,4-7H2,1-3H3. The lowest BCUT2D eigenvalue weighted by atomic mass is 10.1. The van der Waals surface area contributed by atoms with Crippen molar-refractivity contribution in [1.82, 2.24) is 10.2 Å². The van der Waals surface area contributed by atoms with Crippen LogP contribution in [0.3, 0.4) is 0 Å². The third-order valence-electron chi connectivity index (χ3n) is 2.80. The molecule has 0 saturated heterocycles. The molecule has 5 heteroatoms. The SMILES string of the molecule is CC(NCCOCCN(C)C)c1cc(O)cc(O)c1. The third kappa shape index (κ3) is 6.42. The summed E-state index contributed by atoms with van der Waals surface area (Å²) in [6.07, 6.45) is 0. The lowest BCUT2D eigenvalue weighted by molar-refractivity contribution is 0.118. The van der Waals surface area contributed by atoms with Crippen molar-refractivity contribution >= 4 is 0 Å². The zero-order valence-electron chi connectivity index (χ0n) is 11.9. The van der Waals surface area contributed by atoms with Crippen LogP contribution in [0.1, 0.15) is 18.5 Å². The molecule has 108 valence electrons. The molecule has 0 radical (unpaired) electrons. The van der Waals surface area contributed by atoms with Crippen LogP contribution in [0.15, 0.2) is 18.2 Å². The van der Waals surface area contributed by atoms with E-state index in [1.54, 1.807) is 12.1 Å². The van der Waals surface area contributed by atoms with Crippen molar-refractivity contribution < 1.29 is 14.9 Å². The van der Waals surface area contributed by atoms with Crippen LogP contribution in [-0.2, 0) is 4.74 Å². The largest absolute Gasteiger partial charge is 0.508 e. The minimum Gasteiger partial charge on any atom is -0.508 e. The Morgan fingerprint density at radius 1 is 1.16 bits per heavy atom. The molecule has 0 aliphatic heterocycles. The molecule has 1 atom stereocenters. The van der Waals surface area contributed by atoms with Crippen LogP contribution in [0.5, 0.6) is 11.5 Å². The number of benzene rings is 1.